The molecular formula is C38H55N8O15S2+. The number of benzene rings is 1. The maximum atomic E-state index is 13.9. The molecule has 23 nitrogen and oxygen atoms in total. The lowest BCUT2D eigenvalue weighted by atomic mass is 9.84. The number of ether oxygens (including phenoxy) is 4. The van der Waals surface area contributed by atoms with Crippen LogP contribution >= 0.6 is 11.3 Å². The van der Waals surface area contributed by atoms with Crippen LogP contribution in [0.15, 0.2) is 34.9 Å². The molecule has 1 saturated heterocycles. The molecule has 1 aromatic carbocycles. The highest BCUT2D eigenvalue weighted by Crippen LogP contribution is 2.33. The Morgan fingerprint density at radius 2 is 1.62 bits per heavy atom. The smallest absolute Gasteiger partial charge is 0.418 e. The van der Waals surface area contributed by atoms with Crippen LogP contribution in [0.5, 0.6) is 5.75 Å². The Hall–Kier alpha value is -5.63. The van der Waals surface area contributed by atoms with Crippen molar-refractivity contribution in [3.05, 3.63) is 35.5 Å². The molecule has 348 valence electrons. The zero-order chi connectivity index (χ0) is 47.5. The molecule has 3 atom stereocenters. The van der Waals surface area contributed by atoms with Crippen LogP contribution in [0.2, 0.25) is 0 Å². The minimum absolute atomic E-state index is 0.0239. The normalized spacial score (nSPS) is 16.7. The minimum atomic E-state index is -5.10. The van der Waals surface area contributed by atoms with Gasteiger partial charge in [-0.15, -0.1) is 20.3 Å². The molecule has 25 heteroatoms. The van der Waals surface area contributed by atoms with Gasteiger partial charge in [-0.25, -0.2) is 19.4 Å². The third-order valence-corrected chi connectivity index (χ3v) is 9.43. The summed E-state index contributed by atoms with van der Waals surface area (Å²) < 4.78 is 61.8. The number of carbonyl (C=O) groups is 5. The van der Waals surface area contributed by atoms with Crippen LogP contribution in [0.3, 0.4) is 0 Å². The first kappa shape index (κ1) is 50.0. The number of rotatable bonds is 16. The predicted octanol–water partition coefficient (Wildman–Crippen LogP) is 2.50. The lowest BCUT2D eigenvalue weighted by Crippen LogP contribution is -2.76. The van der Waals surface area contributed by atoms with Crippen molar-refractivity contribution < 1.29 is 74.8 Å². The molecule has 5 N–H and O–H groups in total. The molecular weight excluding hydrogens is 873 g/mol. The number of nitrogens with one attached hydrogen (secondary N) is 3. The molecule has 63 heavy (non-hydrogen) atoms. The summed E-state index contributed by atoms with van der Waals surface area (Å²) in [7, 11) is -3.32. The number of hydrogen-bond donors (Lipinski definition) is 5. The van der Waals surface area contributed by atoms with Crippen molar-refractivity contribution in [3.8, 4) is 5.75 Å². The number of hydrogen-bond acceptors (Lipinski definition) is 17. The maximum Gasteiger partial charge on any atom is 0.418 e. The summed E-state index contributed by atoms with van der Waals surface area (Å²) in [5.74, 6) is -2.77. The number of β-lactam (4-membered cyclic amide) rings is 1. The molecule has 2 aromatic heterocycles. The predicted molar refractivity (Wildman–Crippen MR) is 224 cm³/mol. The lowest BCUT2D eigenvalue weighted by molar-refractivity contribution is -0.775. The van der Waals surface area contributed by atoms with Crippen molar-refractivity contribution in [2.45, 2.75) is 123 Å². The average molecular weight is 928 g/mol. The molecule has 0 spiro atoms. The molecule has 1 fully saturated rings. The van der Waals surface area contributed by atoms with Crippen molar-refractivity contribution in [1.82, 2.24) is 25.4 Å². The topological polar surface area (TPSA) is 289 Å². The van der Waals surface area contributed by atoms with E-state index in [2.05, 4.69) is 30.4 Å². The van der Waals surface area contributed by atoms with Crippen molar-refractivity contribution in [3.63, 3.8) is 0 Å². The van der Waals surface area contributed by atoms with Crippen LogP contribution < -0.4 is 25.4 Å². The minimum Gasteiger partial charge on any atom is -0.489 e. The highest BCUT2D eigenvalue weighted by atomic mass is 32.3. The standard InChI is InChI=1S/C38H54N8O15S2/c1-35(2,3)57-31(50)26(19-56-23-13-14-25-21(15-23)17-45(44(25)12)18-22(47)16-39-33(51)58-36(4,5)6)60-43-27(24-20-62-32(40-24)42-34(52)59-37(7,8)9)29(48)41-28-30(49)46(38(28,10)11)61-63(53,54)55/h13-15,17,20,22,26,28,47H,16,18-19H2,1-12H3,(H3-,39,40,41,42,48,51,52,53,54,55)/p+1/b43-27-/t22?,26?,28-/m1/s1. The number of fused-ring (bicyclic) bond motifs is 1. The average Bonchev–Trinajstić information content (AvgIpc) is 3.69. The fourth-order valence-corrected chi connectivity index (χ4v) is 6.76. The van der Waals surface area contributed by atoms with Gasteiger partial charge < -0.3 is 39.5 Å². The number of aliphatic hydroxyl groups is 1. The number of aryl methyl sites for hydroxylation is 1. The van der Waals surface area contributed by atoms with Gasteiger partial charge in [-0.2, -0.15) is 18.2 Å². The number of thiazole rings is 1. The first-order chi connectivity index (χ1) is 28.8. The Balaban J connectivity index is 1.59. The number of aliphatic hydroxyl groups excluding tert-OH is 1. The van der Waals surface area contributed by atoms with E-state index in [-0.39, 0.29) is 29.7 Å². The van der Waals surface area contributed by atoms with Gasteiger partial charge in [0, 0.05) is 5.38 Å². The van der Waals surface area contributed by atoms with E-state index in [1.165, 1.54) is 19.2 Å². The third kappa shape index (κ3) is 14.5. The monoisotopic (exact) mass is 927 g/mol. The van der Waals surface area contributed by atoms with Crippen molar-refractivity contribution in [2.24, 2.45) is 12.2 Å². The van der Waals surface area contributed by atoms with E-state index in [4.69, 9.17) is 28.3 Å². The summed E-state index contributed by atoms with van der Waals surface area (Å²) in [5, 5.41) is 24.4. The van der Waals surface area contributed by atoms with Crippen LogP contribution in [0.1, 0.15) is 81.9 Å². The molecule has 0 aliphatic carbocycles. The van der Waals surface area contributed by atoms with E-state index < -0.39 is 93.3 Å². The number of nitrogens with zero attached hydrogens (tertiary/aromatic N) is 5. The van der Waals surface area contributed by atoms with Crippen molar-refractivity contribution >= 4 is 73.5 Å². The first-order valence-electron chi connectivity index (χ1n) is 19.3. The second-order valence-corrected chi connectivity index (χ2v) is 19.6. The van der Waals surface area contributed by atoms with Gasteiger partial charge in [-0.1, -0.05) is 5.16 Å². The quantitative estimate of drug-likeness (QED) is 0.0262. The molecule has 3 heterocycles. The molecule has 0 saturated carbocycles. The summed E-state index contributed by atoms with van der Waals surface area (Å²) in [6.45, 7) is 17.3. The van der Waals surface area contributed by atoms with Crippen LogP contribution in [0.4, 0.5) is 14.7 Å². The second kappa shape index (κ2) is 19.0. The van der Waals surface area contributed by atoms with Crippen molar-refractivity contribution in [2.75, 3.05) is 18.5 Å². The number of carbonyl (C=O) groups excluding carboxylic acids is 5. The largest absolute Gasteiger partial charge is 0.489 e. The number of anilines is 1. The fourth-order valence-electron chi connectivity index (χ4n) is 5.63. The van der Waals surface area contributed by atoms with Gasteiger partial charge in [0.05, 0.1) is 24.5 Å². The Morgan fingerprint density at radius 1 is 1.00 bits per heavy atom. The Labute approximate surface area is 367 Å². The van der Waals surface area contributed by atoms with Crippen molar-refractivity contribution in [1.29, 1.82) is 0 Å². The number of alkyl carbamates (subject to hydrolysis) is 1. The van der Waals surface area contributed by atoms with Gasteiger partial charge in [0.1, 0.15) is 52.5 Å². The summed E-state index contributed by atoms with van der Waals surface area (Å²) in [5.41, 5.74) is -4.08. The highest BCUT2D eigenvalue weighted by molar-refractivity contribution is 7.80. The number of esters is 1. The fraction of sp³-hybridized carbons (Fsp3) is 0.579. The highest BCUT2D eigenvalue weighted by Gasteiger charge is 2.58. The number of amides is 4. The van der Waals surface area contributed by atoms with E-state index in [9.17, 15) is 37.5 Å². The molecule has 4 amide bonds. The third-order valence-electron chi connectivity index (χ3n) is 8.33. The van der Waals surface area contributed by atoms with Crippen LogP contribution in [0.25, 0.3) is 10.9 Å². The summed E-state index contributed by atoms with van der Waals surface area (Å²) in [6.07, 6.45) is -2.34. The summed E-state index contributed by atoms with van der Waals surface area (Å²) in [4.78, 5) is 74.7. The zero-order valence-electron chi connectivity index (χ0n) is 37.0. The molecule has 0 radical (unpaired) electrons. The van der Waals surface area contributed by atoms with Crippen LogP contribution in [-0.2, 0) is 61.7 Å². The van der Waals surface area contributed by atoms with Crippen LogP contribution in [0, 0.1) is 0 Å². The van der Waals surface area contributed by atoms with Gasteiger partial charge in [-0.05, 0) is 94.4 Å². The van der Waals surface area contributed by atoms with Gasteiger partial charge in [-0.3, -0.25) is 19.5 Å². The molecule has 0 bridgehead atoms. The zero-order valence-corrected chi connectivity index (χ0v) is 38.6. The van der Waals surface area contributed by atoms with E-state index in [0.717, 1.165) is 16.9 Å². The van der Waals surface area contributed by atoms with Gasteiger partial charge in [0.15, 0.2) is 17.4 Å². The Kier molecular flexibility index (Phi) is 15.1. The van der Waals surface area contributed by atoms with Gasteiger partial charge in [0.25, 0.3) is 17.9 Å². The molecule has 1 aliphatic heterocycles. The number of oxime groups is 1. The molecule has 1 aliphatic rings. The SMILES string of the molecule is Cn1c2ccc(OCC(O/N=C(\C(=O)N[C@@H]3C(=O)N(OS(=O)(=O)O)C3(C)C)c3csc(NC(=O)OC(C)(C)C)n3)C(=O)OC(C)(C)C)cc2c[n+]1CC(O)CNC(=O)OC(C)(C)C. The first-order valence-corrected chi connectivity index (χ1v) is 21.6. The maximum absolute atomic E-state index is 13.9. The summed E-state index contributed by atoms with van der Waals surface area (Å²) in [6, 6.07) is 3.63. The molecule has 2 unspecified atom stereocenters. The van der Waals surface area contributed by atoms with E-state index >= 15 is 0 Å². The van der Waals surface area contributed by atoms with E-state index in [1.807, 2.05) is 0 Å². The van der Waals surface area contributed by atoms with Gasteiger partial charge in [0.2, 0.25) is 6.20 Å². The Morgan fingerprint density at radius 3 is 2.21 bits per heavy atom. The number of hydroxylamine groups is 2. The lowest BCUT2D eigenvalue weighted by Gasteiger charge is -2.50. The molecule has 3 aromatic rings. The van der Waals surface area contributed by atoms with E-state index in [0.29, 0.717) is 10.4 Å². The van der Waals surface area contributed by atoms with E-state index in [1.54, 1.807) is 103 Å². The van der Waals surface area contributed by atoms with Crippen LogP contribution in [-0.4, -0.2) is 122 Å². The molecule has 4 rings (SSSR count). The Bertz CT molecular complexity index is 2340. The van der Waals surface area contributed by atoms with Gasteiger partial charge >= 0.3 is 28.6 Å². The summed E-state index contributed by atoms with van der Waals surface area (Å²) >= 11 is 0.879. The second-order valence-electron chi connectivity index (χ2n) is 17.8. The number of aromatic nitrogens is 3.